The molecule has 0 aromatic carbocycles. The average Bonchev–Trinajstić information content (AvgIpc) is 2.25. The van der Waals surface area contributed by atoms with Crippen molar-refractivity contribution in [3.05, 3.63) is 0 Å². The summed E-state index contributed by atoms with van der Waals surface area (Å²) in [5.74, 6) is 0.846. The van der Waals surface area contributed by atoms with E-state index in [9.17, 15) is 0 Å². The lowest BCUT2D eigenvalue weighted by Crippen LogP contribution is -2.38. The van der Waals surface area contributed by atoms with Crippen molar-refractivity contribution in [3.8, 4) is 0 Å². The Kier molecular flexibility index (Phi) is 8.96. The summed E-state index contributed by atoms with van der Waals surface area (Å²) >= 11 is 0. The summed E-state index contributed by atoms with van der Waals surface area (Å²) in [7, 11) is 4.28. The van der Waals surface area contributed by atoms with Crippen LogP contribution < -0.4 is 5.32 Å². The second-order valence-corrected chi connectivity index (χ2v) is 5.51. The first-order chi connectivity index (χ1) is 7.49. The molecule has 0 bridgehead atoms. The lowest BCUT2D eigenvalue weighted by molar-refractivity contribution is 0.319. The van der Waals surface area contributed by atoms with Crippen molar-refractivity contribution in [3.63, 3.8) is 0 Å². The molecule has 0 heterocycles. The summed E-state index contributed by atoms with van der Waals surface area (Å²) in [5.41, 5.74) is 0. The zero-order chi connectivity index (χ0) is 12.6. The standard InChI is InChI=1S/C14H32N2/c1-7-12(3)11-14(8-2)15-13(4)9-10-16(5)6/h12-15H,7-11H2,1-6H3. The van der Waals surface area contributed by atoms with Crippen LogP contribution in [0.2, 0.25) is 0 Å². The second-order valence-electron chi connectivity index (χ2n) is 5.51. The molecule has 0 aliphatic heterocycles. The molecular weight excluding hydrogens is 196 g/mol. The van der Waals surface area contributed by atoms with Crippen molar-refractivity contribution >= 4 is 0 Å². The molecule has 0 amide bonds. The van der Waals surface area contributed by atoms with Crippen LogP contribution in [-0.4, -0.2) is 37.6 Å². The molecule has 0 spiro atoms. The maximum absolute atomic E-state index is 3.76. The molecule has 1 N–H and O–H groups in total. The monoisotopic (exact) mass is 228 g/mol. The van der Waals surface area contributed by atoms with Crippen LogP contribution in [0.4, 0.5) is 0 Å². The predicted octanol–water partition coefficient (Wildman–Crippen LogP) is 3.13. The Morgan fingerprint density at radius 1 is 1.06 bits per heavy atom. The Labute approximate surface area is 103 Å². The number of hydrogen-bond acceptors (Lipinski definition) is 2. The van der Waals surface area contributed by atoms with Crippen molar-refractivity contribution in [1.82, 2.24) is 10.2 Å². The summed E-state index contributed by atoms with van der Waals surface area (Å²) in [6.07, 6.45) is 5.10. The molecule has 0 aromatic rings. The van der Waals surface area contributed by atoms with E-state index in [-0.39, 0.29) is 0 Å². The van der Waals surface area contributed by atoms with E-state index in [2.05, 4.69) is 52.0 Å². The van der Waals surface area contributed by atoms with E-state index in [1.807, 2.05) is 0 Å². The highest BCUT2D eigenvalue weighted by Crippen LogP contribution is 2.12. The summed E-state index contributed by atoms with van der Waals surface area (Å²) in [6.45, 7) is 10.4. The fourth-order valence-electron chi connectivity index (χ4n) is 1.94. The fraction of sp³-hybridized carbons (Fsp3) is 1.00. The summed E-state index contributed by atoms with van der Waals surface area (Å²) in [4.78, 5) is 2.26. The van der Waals surface area contributed by atoms with Crippen molar-refractivity contribution in [1.29, 1.82) is 0 Å². The quantitative estimate of drug-likeness (QED) is 0.652. The van der Waals surface area contributed by atoms with Crippen molar-refractivity contribution in [2.75, 3.05) is 20.6 Å². The maximum Gasteiger partial charge on any atom is 0.00694 e. The van der Waals surface area contributed by atoms with Gasteiger partial charge in [0.05, 0.1) is 0 Å². The molecule has 0 aliphatic carbocycles. The lowest BCUT2D eigenvalue weighted by Gasteiger charge is -2.25. The molecule has 0 radical (unpaired) electrons. The third kappa shape index (κ3) is 8.12. The molecule has 0 aliphatic rings. The van der Waals surface area contributed by atoms with Crippen molar-refractivity contribution in [2.45, 2.75) is 65.5 Å². The zero-order valence-electron chi connectivity index (χ0n) is 12.2. The van der Waals surface area contributed by atoms with Gasteiger partial charge in [0.15, 0.2) is 0 Å². The van der Waals surface area contributed by atoms with Gasteiger partial charge >= 0.3 is 0 Å². The Bertz CT molecular complexity index is 157. The van der Waals surface area contributed by atoms with Gasteiger partial charge in [-0.15, -0.1) is 0 Å². The minimum Gasteiger partial charge on any atom is -0.311 e. The molecule has 0 saturated heterocycles. The van der Waals surface area contributed by atoms with Crippen LogP contribution in [0.1, 0.15) is 53.4 Å². The van der Waals surface area contributed by atoms with E-state index < -0.39 is 0 Å². The normalized spacial score (nSPS) is 17.4. The van der Waals surface area contributed by atoms with Gasteiger partial charge in [-0.25, -0.2) is 0 Å². The predicted molar refractivity (Wildman–Crippen MR) is 73.9 cm³/mol. The molecule has 0 aromatic heterocycles. The molecular formula is C14H32N2. The highest BCUT2D eigenvalue weighted by molar-refractivity contribution is 4.73. The Morgan fingerprint density at radius 2 is 1.69 bits per heavy atom. The highest BCUT2D eigenvalue weighted by Gasteiger charge is 2.12. The lowest BCUT2D eigenvalue weighted by atomic mass is 9.97. The zero-order valence-corrected chi connectivity index (χ0v) is 12.2. The third-order valence-electron chi connectivity index (χ3n) is 3.41. The number of nitrogens with one attached hydrogen (secondary N) is 1. The molecule has 2 heteroatoms. The van der Waals surface area contributed by atoms with Crippen molar-refractivity contribution in [2.24, 2.45) is 5.92 Å². The molecule has 98 valence electrons. The summed E-state index contributed by atoms with van der Waals surface area (Å²) in [5, 5.41) is 3.76. The maximum atomic E-state index is 3.76. The molecule has 3 unspecified atom stereocenters. The van der Waals surface area contributed by atoms with Gasteiger partial charge in [-0.1, -0.05) is 27.2 Å². The summed E-state index contributed by atoms with van der Waals surface area (Å²) < 4.78 is 0. The average molecular weight is 228 g/mol. The van der Waals surface area contributed by atoms with E-state index >= 15 is 0 Å². The van der Waals surface area contributed by atoms with Crippen molar-refractivity contribution < 1.29 is 0 Å². The summed E-state index contributed by atoms with van der Waals surface area (Å²) in [6, 6.07) is 1.34. The number of hydrogen-bond donors (Lipinski definition) is 1. The van der Waals surface area contributed by atoms with Gasteiger partial charge in [-0.05, 0) is 52.7 Å². The largest absolute Gasteiger partial charge is 0.311 e. The van der Waals surface area contributed by atoms with E-state index in [0.29, 0.717) is 12.1 Å². The van der Waals surface area contributed by atoms with Gasteiger partial charge in [0, 0.05) is 12.1 Å². The van der Waals surface area contributed by atoms with Crippen LogP contribution in [0.25, 0.3) is 0 Å². The minimum atomic E-state index is 0.636. The van der Waals surface area contributed by atoms with E-state index in [1.54, 1.807) is 0 Å². The fourth-order valence-corrected chi connectivity index (χ4v) is 1.94. The van der Waals surface area contributed by atoms with Crippen LogP contribution in [0.5, 0.6) is 0 Å². The molecule has 0 rings (SSSR count). The van der Waals surface area contributed by atoms with Crippen LogP contribution in [0.15, 0.2) is 0 Å². The molecule has 16 heavy (non-hydrogen) atoms. The Hall–Kier alpha value is -0.0800. The SMILES string of the molecule is CCC(C)CC(CC)NC(C)CCN(C)C. The van der Waals surface area contributed by atoms with Crippen LogP contribution in [-0.2, 0) is 0 Å². The third-order valence-corrected chi connectivity index (χ3v) is 3.41. The molecule has 0 saturated carbocycles. The first kappa shape index (κ1) is 15.9. The van der Waals surface area contributed by atoms with Crippen LogP contribution in [0, 0.1) is 5.92 Å². The van der Waals surface area contributed by atoms with E-state index in [0.717, 1.165) is 5.92 Å². The second kappa shape index (κ2) is 9.00. The van der Waals surface area contributed by atoms with Crippen LogP contribution >= 0.6 is 0 Å². The van der Waals surface area contributed by atoms with Gasteiger partial charge in [0.2, 0.25) is 0 Å². The molecule has 2 nitrogen and oxygen atoms in total. The van der Waals surface area contributed by atoms with Gasteiger partial charge in [0.25, 0.3) is 0 Å². The topological polar surface area (TPSA) is 15.3 Å². The number of nitrogens with zero attached hydrogens (tertiary/aromatic N) is 1. The van der Waals surface area contributed by atoms with Gasteiger partial charge < -0.3 is 10.2 Å². The molecule has 0 fully saturated rings. The van der Waals surface area contributed by atoms with Crippen LogP contribution in [0.3, 0.4) is 0 Å². The first-order valence-corrected chi connectivity index (χ1v) is 6.90. The number of rotatable bonds is 9. The van der Waals surface area contributed by atoms with E-state index in [1.165, 1.54) is 32.2 Å². The van der Waals surface area contributed by atoms with E-state index in [4.69, 9.17) is 0 Å². The minimum absolute atomic E-state index is 0.636. The first-order valence-electron chi connectivity index (χ1n) is 6.90. The Morgan fingerprint density at radius 3 is 2.12 bits per heavy atom. The van der Waals surface area contributed by atoms with Gasteiger partial charge in [0.1, 0.15) is 0 Å². The highest BCUT2D eigenvalue weighted by atomic mass is 15.1. The molecule has 3 atom stereocenters. The van der Waals surface area contributed by atoms with Gasteiger partial charge in [-0.3, -0.25) is 0 Å². The Balaban J connectivity index is 3.82. The van der Waals surface area contributed by atoms with Gasteiger partial charge in [-0.2, -0.15) is 0 Å². The smallest absolute Gasteiger partial charge is 0.00694 e.